The fourth-order valence-corrected chi connectivity index (χ4v) is 2.60. The molecule has 0 saturated heterocycles. The van der Waals surface area contributed by atoms with Crippen LogP contribution in [0.25, 0.3) is 0 Å². The van der Waals surface area contributed by atoms with Crippen LogP contribution in [0, 0.1) is 11.3 Å². The average Bonchev–Trinajstić information content (AvgIpc) is 2.91. The van der Waals surface area contributed by atoms with Crippen molar-refractivity contribution in [2.75, 3.05) is 0 Å². The summed E-state index contributed by atoms with van der Waals surface area (Å²) < 4.78 is 10.8. The Kier molecular flexibility index (Phi) is 2.64. The fraction of sp³-hybridized carbons (Fsp3) is 0.286. The summed E-state index contributed by atoms with van der Waals surface area (Å²) in [5, 5.41) is 9.26. The Morgan fingerprint density at radius 3 is 2.95 bits per heavy atom. The first-order valence-corrected chi connectivity index (χ1v) is 6.09. The first kappa shape index (κ1) is 11.6. The highest BCUT2D eigenvalue weighted by molar-refractivity contribution is 5.99. The summed E-state index contributed by atoms with van der Waals surface area (Å²) in [6, 6.07) is 5.50. The number of Topliss-reactive ketones (excluding diaryl/α,β-unsaturated/α-hetero) is 1. The van der Waals surface area contributed by atoms with E-state index in [0.29, 0.717) is 29.9 Å². The summed E-state index contributed by atoms with van der Waals surface area (Å²) in [5.41, 5.74) is 6.55. The van der Waals surface area contributed by atoms with E-state index in [-0.39, 0.29) is 17.2 Å². The Morgan fingerprint density at radius 2 is 2.26 bits per heavy atom. The molecule has 5 nitrogen and oxygen atoms in total. The van der Waals surface area contributed by atoms with Crippen molar-refractivity contribution >= 4 is 5.78 Å². The number of hydrogen-bond acceptors (Lipinski definition) is 5. The van der Waals surface area contributed by atoms with Crippen molar-refractivity contribution in [2.24, 2.45) is 5.73 Å². The van der Waals surface area contributed by atoms with E-state index in [9.17, 15) is 10.1 Å². The zero-order valence-electron chi connectivity index (χ0n) is 10.2. The molecule has 1 aliphatic carbocycles. The SMILES string of the molecule is N#CC1=C(N)OC2=C(C(=O)CCC2)[C@H]1c1ccco1. The van der Waals surface area contributed by atoms with Crippen LogP contribution in [0.3, 0.4) is 0 Å². The number of allylic oxidation sites excluding steroid dienone is 3. The van der Waals surface area contributed by atoms with Crippen molar-refractivity contribution in [1.82, 2.24) is 0 Å². The highest BCUT2D eigenvalue weighted by Crippen LogP contribution is 2.43. The lowest BCUT2D eigenvalue weighted by Gasteiger charge is -2.29. The molecule has 0 fully saturated rings. The van der Waals surface area contributed by atoms with Crippen LogP contribution in [0.1, 0.15) is 30.9 Å². The van der Waals surface area contributed by atoms with Crippen LogP contribution in [-0.2, 0) is 9.53 Å². The molecule has 5 heteroatoms. The molecule has 0 aromatic carbocycles. The molecule has 0 bridgehead atoms. The van der Waals surface area contributed by atoms with Gasteiger partial charge in [-0.05, 0) is 18.6 Å². The molecule has 1 atom stereocenters. The van der Waals surface area contributed by atoms with E-state index in [2.05, 4.69) is 0 Å². The van der Waals surface area contributed by atoms with Crippen LogP contribution in [0.15, 0.2) is 45.6 Å². The number of carbonyl (C=O) groups excluding carboxylic acids is 1. The van der Waals surface area contributed by atoms with Gasteiger partial charge in [-0.1, -0.05) is 0 Å². The van der Waals surface area contributed by atoms with Crippen LogP contribution in [0.5, 0.6) is 0 Å². The van der Waals surface area contributed by atoms with Gasteiger partial charge in [-0.3, -0.25) is 4.79 Å². The van der Waals surface area contributed by atoms with Gasteiger partial charge >= 0.3 is 0 Å². The minimum Gasteiger partial charge on any atom is -0.468 e. The second kappa shape index (κ2) is 4.32. The summed E-state index contributed by atoms with van der Waals surface area (Å²) in [4.78, 5) is 12.1. The first-order chi connectivity index (χ1) is 9.22. The molecule has 0 spiro atoms. The molecule has 96 valence electrons. The van der Waals surface area contributed by atoms with Gasteiger partial charge in [0, 0.05) is 18.4 Å². The summed E-state index contributed by atoms with van der Waals surface area (Å²) in [5.74, 6) is 0.663. The number of ether oxygens (including phenoxy) is 1. The van der Waals surface area contributed by atoms with Gasteiger partial charge in [0.2, 0.25) is 5.88 Å². The van der Waals surface area contributed by atoms with Gasteiger partial charge in [0.1, 0.15) is 23.2 Å². The Labute approximate surface area is 109 Å². The van der Waals surface area contributed by atoms with Crippen molar-refractivity contribution in [3.8, 4) is 6.07 Å². The van der Waals surface area contributed by atoms with Crippen molar-refractivity contribution < 1.29 is 13.9 Å². The minimum absolute atomic E-state index is 0.00269. The molecule has 0 radical (unpaired) electrons. The number of carbonyl (C=O) groups is 1. The summed E-state index contributed by atoms with van der Waals surface area (Å²) >= 11 is 0. The molecule has 1 aromatic heterocycles. The van der Waals surface area contributed by atoms with Crippen LogP contribution in [0.4, 0.5) is 0 Å². The van der Waals surface area contributed by atoms with E-state index in [1.165, 1.54) is 6.26 Å². The zero-order chi connectivity index (χ0) is 13.4. The van der Waals surface area contributed by atoms with Crippen LogP contribution in [-0.4, -0.2) is 5.78 Å². The third-order valence-corrected chi connectivity index (χ3v) is 3.43. The monoisotopic (exact) mass is 256 g/mol. The quantitative estimate of drug-likeness (QED) is 0.831. The topological polar surface area (TPSA) is 89.3 Å². The summed E-state index contributed by atoms with van der Waals surface area (Å²) in [6.45, 7) is 0. The molecule has 0 saturated carbocycles. The number of nitrogens with zero attached hydrogens (tertiary/aromatic N) is 1. The lowest BCUT2D eigenvalue weighted by atomic mass is 9.80. The molecule has 2 N–H and O–H groups in total. The van der Waals surface area contributed by atoms with Gasteiger partial charge in [0.25, 0.3) is 0 Å². The smallest absolute Gasteiger partial charge is 0.205 e. The Morgan fingerprint density at radius 1 is 1.42 bits per heavy atom. The number of ketones is 1. The molecule has 2 heterocycles. The lowest BCUT2D eigenvalue weighted by Crippen LogP contribution is -2.27. The highest BCUT2D eigenvalue weighted by Gasteiger charge is 2.39. The summed E-state index contributed by atoms with van der Waals surface area (Å²) in [6.07, 6.45) is 3.40. The Hall–Kier alpha value is -2.48. The molecule has 2 aliphatic rings. The largest absolute Gasteiger partial charge is 0.468 e. The predicted molar refractivity (Wildman–Crippen MR) is 65.2 cm³/mol. The van der Waals surface area contributed by atoms with Crippen molar-refractivity contribution in [2.45, 2.75) is 25.2 Å². The third-order valence-electron chi connectivity index (χ3n) is 3.43. The van der Waals surface area contributed by atoms with E-state index >= 15 is 0 Å². The van der Waals surface area contributed by atoms with Gasteiger partial charge in [0.05, 0.1) is 12.2 Å². The van der Waals surface area contributed by atoms with Crippen molar-refractivity contribution in [1.29, 1.82) is 5.26 Å². The fourth-order valence-electron chi connectivity index (χ4n) is 2.60. The molecule has 0 unspecified atom stereocenters. The predicted octanol–water partition coefficient (Wildman–Crippen LogP) is 2.09. The maximum Gasteiger partial charge on any atom is 0.205 e. The molecule has 19 heavy (non-hydrogen) atoms. The van der Waals surface area contributed by atoms with Gasteiger partial charge in [-0.25, -0.2) is 0 Å². The average molecular weight is 256 g/mol. The molecular formula is C14H12N2O3. The van der Waals surface area contributed by atoms with E-state index in [4.69, 9.17) is 14.9 Å². The number of rotatable bonds is 1. The van der Waals surface area contributed by atoms with E-state index in [1.54, 1.807) is 12.1 Å². The maximum atomic E-state index is 12.1. The number of nitriles is 1. The normalized spacial score (nSPS) is 22.9. The number of hydrogen-bond donors (Lipinski definition) is 1. The van der Waals surface area contributed by atoms with Gasteiger partial charge in [-0.2, -0.15) is 5.26 Å². The Bertz CT molecular complexity index is 632. The molecular weight excluding hydrogens is 244 g/mol. The lowest BCUT2D eigenvalue weighted by molar-refractivity contribution is -0.116. The Balaban J connectivity index is 2.18. The van der Waals surface area contributed by atoms with Gasteiger partial charge < -0.3 is 14.9 Å². The van der Waals surface area contributed by atoms with E-state index in [1.807, 2.05) is 6.07 Å². The number of furan rings is 1. The second-order valence-electron chi connectivity index (χ2n) is 4.55. The molecule has 3 rings (SSSR count). The molecule has 1 aromatic rings. The second-order valence-corrected chi connectivity index (χ2v) is 4.55. The first-order valence-electron chi connectivity index (χ1n) is 6.09. The van der Waals surface area contributed by atoms with E-state index in [0.717, 1.165) is 6.42 Å². The standard InChI is InChI=1S/C14H12N2O3/c15-7-8-12(10-5-2-6-18-10)13-9(17)3-1-4-11(13)19-14(8)16/h2,5-6,12H,1,3-4,16H2/t12-/m1/s1. The van der Waals surface area contributed by atoms with Crippen LogP contribution in [0.2, 0.25) is 0 Å². The van der Waals surface area contributed by atoms with Gasteiger partial charge in [-0.15, -0.1) is 0 Å². The summed E-state index contributed by atoms with van der Waals surface area (Å²) in [7, 11) is 0. The molecule has 0 amide bonds. The van der Waals surface area contributed by atoms with E-state index < -0.39 is 5.92 Å². The zero-order valence-corrected chi connectivity index (χ0v) is 10.2. The van der Waals surface area contributed by atoms with Gasteiger partial charge in [0.15, 0.2) is 5.78 Å². The van der Waals surface area contributed by atoms with Crippen molar-refractivity contribution in [3.63, 3.8) is 0 Å². The van der Waals surface area contributed by atoms with Crippen molar-refractivity contribution in [3.05, 3.63) is 46.9 Å². The van der Waals surface area contributed by atoms with Crippen LogP contribution < -0.4 is 5.73 Å². The maximum absolute atomic E-state index is 12.1. The molecule has 1 aliphatic heterocycles. The number of nitrogens with two attached hydrogens (primary N) is 1. The third kappa shape index (κ3) is 1.73. The minimum atomic E-state index is -0.531. The van der Waals surface area contributed by atoms with Crippen LogP contribution >= 0.6 is 0 Å². The highest BCUT2D eigenvalue weighted by atomic mass is 16.5.